The first kappa shape index (κ1) is 18.2. The zero-order valence-electron chi connectivity index (χ0n) is 15.9. The van der Waals surface area contributed by atoms with Crippen molar-refractivity contribution in [3.63, 3.8) is 0 Å². The van der Waals surface area contributed by atoms with E-state index in [-0.39, 0.29) is 11.8 Å². The Balaban J connectivity index is 1.22. The summed E-state index contributed by atoms with van der Waals surface area (Å²) in [6.45, 7) is 6.47. The predicted octanol–water partition coefficient (Wildman–Crippen LogP) is 3.74. The minimum absolute atomic E-state index is 0.184. The summed E-state index contributed by atoms with van der Waals surface area (Å²) in [5.41, 5.74) is 3.63. The van der Waals surface area contributed by atoms with Crippen molar-refractivity contribution in [1.82, 2.24) is 9.80 Å². The molecule has 1 heterocycles. The van der Waals surface area contributed by atoms with Crippen LogP contribution in [0.15, 0.2) is 54.6 Å². The number of hydrogen-bond acceptors (Lipinski definition) is 3. The molecular weight excluding hydrogens is 334 g/mol. The van der Waals surface area contributed by atoms with Crippen molar-refractivity contribution in [1.29, 1.82) is 0 Å². The normalized spacial score (nSPS) is 18.8. The van der Waals surface area contributed by atoms with Gasteiger partial charge in [-0.15, -0.1) is 0 Å². The Morgan fingerprint density at radius 1 is 0.815 bits per heavy atom. The molecule has 2 fully saturated rings. The van der Waals surface area contributed by atoms with E-state index in [0.29, 0.717) is 0 Å². The molecule has 2 aromatic rings. The van der Waals surface area contributed by atoms with Gasteiger partial charge in [0.1, 0.15) is 0 Å². The number of rotatable bonds is 6. The van der Waals surface area contributed by atoms with Gasteiger partial charge in [-0.1, -0.05) is 48.9 Å². The molecule has 1 amide bonds. The second kappa shape index (κ2) is 8.68. The lowest BCUT2D eigenvalue weighted by molar-refractivity contribution is -0.122. The number of piperazine rings is 1. The molecule has 1 saturated heterocycles. The topological polar surface area (TPSA) is 35.6 Å². The van der Waals surface area contributed by atoms with Crippen LogP contribution in [0.4, 0.5) is 5.69 Å². The molecular formula is C23H29N3O. The van der Waals surface area contributed by atoms with Crippen molar-refractivity contribution in [2.24, 2.45) is 5.92 Å². The highest BCUT2D eigenvalue weighted by molar-refractivity contribution is 5.92. The lowest BCUT2D eigenvalue weighted by Crippen LogP contribution is -2.45. The van der Waals surface area contributed by atoms with Gasteiger partial charge in [0, 0.05) is 50.9 Å². The van der Waals surface area contributed by atoms with Crippen LogP contribution in [0.5, 0.6) is 0 Å². The van der Waals surface area contributed by atoms with Gasteiger partial charge in [0.05, 0.1) is 0 Å². The maximum absolute atomic E-state index is 12.0. The Morgan fingerprint density at radius 3 is 1.89 bits per heavy atom. The average molecular weight is 364 g/mol. The van der Waals surface area contributed by atoms with E-state index >= 15 is 0 Å². The van der Waals surface area contributed by atoms with E-state index in [0.717, 1.165) is 57.8 Å². The maximum atomic E-state index is 12.0. The van der Waals surface area contributed by atoms with Crippen LogP contribution in [-0.4, -0.2) is 41.9 Å². The molecule has 4 heteroatoms. The van der Waals surface area contributed by atoms with Gasteiger partial charge in [-0.25, -0.2) is 0 Å². The first-order chi connectivity index (χ1) is 13.3. The Hall–Kier alpha value is -2.17. The first-order valence-electron chi connectivity index (χ1n) is 10.1. The molecule has 4 nitrogen and oxygen atoms in total. The van der Waals surface area contributed by atoms with Gasteiger partial charge in [-0.3, -0.25) is 14.6 Å². The number of nitrogens with zero attached hydrogens (tertiary/aromatic N) is 2. The maximum Gasteiger partial charge on any atom is 0.227 e. The quantitative estimate of drug-likeness (QED) is 0.849. The molecule has 0 spiro atoms. The summed E-state index contributed by atoms with van der Waals surface area (Å²) in [5, 5.41) is 3.04. The Bertz CT molecular complexity index is 732. The number of amides is 1. The SMILES string of the molecule is O=C(Nc1ccc(CN2CCN(Cc3ccccc3)CC2)cc1)C1CCC1. The molecule has 2 aromatic carbocycles. The summed E-state index contributed by atoms with van der Waals surface area (Å²) >= 11 is 0. The Kier molecular flexibility index (Phi) is 5.85. The monoisotopic (exact) mass is 363 g/mol. The van der Waals surface area contributed by atoms with E-state index < -0.39 is 0 Å². The van der Waals surface area contributed by atoms with Crippen LogP contribution in [0.3, 0.4) is 0 Å². The second-order valence-electron chi connectivity index (χ2n) is 7.85. The lowest BCUT2D eigenvalue weighted by Gasteiger charge is -2.34. The standard InChI is InChI=1S/C23H29N3O/c27-23(21-7-4-8-21)24-22-11-9-20(10-12-22)18-26-15-13-25(14-16-26)17-19-5-2-1-3-6-19/h1-3,5-6,9-12,21H,4,7-8,13-18H2,(H,24,27). The molecule has 1 aliphatic carbocycles. The minimum Gasteiger partial charge on any atom is -0.326 e. The van der Waals surface area contributed by atoms with Crippen LogP contribution in [0.1, 0.15) is 30.4 Å². The van der Waals surface area contributed by atoms with Crippen molar-refractivity contribution >= 4 is 11.6 Å². The Morgan fingerprint density at radius 2 is 1.37 bits per heavy atom. The first-order valence-corrected chi connectivity index (χ1v) is 10.1. The zero-order valence-corrected chi connectivity index (χ0v) is 15.9. The lowest BCUT2D eigenvalue weighted by atomic mass is 9.85. The van der Waals surface area contributed by atoms with Crippen molar-refractivity contribution in [2.75, 3.05) is 31.5 Å². The molecule has 1 aliphatic heterocycles. The molecule has 0 bridgehead atoms. The van der Waals surface area contributed by atoms with Crippen LogP contribution in [0, 0.1) is 5.92 Å². The van der Waals surface area contributed by atoms with E-state index in [4.69, 9.17) is 0 Å². The fourth-order valence-corrected chi connectivity index (χ4v) is 3.81. The third-order valence-corrected chi connectivity index (χ3v) is 5.82. The fraction of sp³-hybridized carbons (Fsp3) is 0.435. The second-order valence-corrected chi connectivity index (χ2v) is 7.85. The van der Waals surface area contributed by atoms with Crippen LogP contribution < -0.4 is 5.32 Å². The molecule has 1 saturated carbocycles. The van der Waals surface area contributed by atoms with Gasteiger partial charge in [0.15, 0.2) is 0 Å². The third-order valence-electron chi connectivity index (χ3n) is 5.82. The van der Waals surface area contributed by atoms with Crippen molar-refractivity contribution in [2.45, 2.75) is 32.4 Å². The number of nitrogens with one attached hydrogen (secondary N) is 1. The summed E-state index contributed by atoms with van der Waals surface area (Å²) in [5.74, 6) is 0.417. The predicted molar refractivity (Wildman–Crippen MR) is 109 cm³/mol. The summed E-state index contributed by atoms with van der Waals surface area (Å²) < 4.78 is 0. The number of anilines is 1. The van der Waals surface area contributed by atoms with E-state index in [1.165, 1.54) is 17.5 Å². The summed E-state index contributed by atoms with van der Waals surface area (Å²) in [7, 11) is 0. The van der Waals surface area contributed by atoms with E-state index in [2.05, 4.69) is 57.6 Å². The van der Waals surface area contributed by atoms with Crippen LogP contribution in [0.25, 0.3) is 0 Å². The molecule has 142 valence electrons. The molecule has 2 aliphatic rings. The molecule has 1 N–H and O–H groups in total. The smallest absolute Gasteiger partial charge is 0.227 e. The largest absolute Gasteiger partial charge is 0.326 e. The Labute approximate surface area is 162 Å². The highest BCUT2D eigenvalue weighted by Crippen LogP contribution is 2.27. The molecule has 4 rings (SSSR count). The number of carbonyl (C=O) groups is 1. The fourth-order valence-electron chi connectivity index (χ4n) is 3.81. The van der Waals surface area contributed by atoms with E-state index in [1.807, 2.05) is 12.1 Å². The van der Waals surface area contributed by atoms with E-state index in [9.17, 15) is 4.79 Å². The highest BCUT2D eigenvalue weighted by atomic mass is 16.1. The van der Waals surface area contributed by atoms with E-state index in [1.54, 1.807) is 0 Å². The summed E-state index contributed by atoms with van der Waals surface area (Å²) in [4.78, 5) is 17.1. The zero-order chi connectivity index (χ0) is 18.5. The molecule has 0 atom stereocenters. The molecule has 0 aromatic heterocycles. The summed E-state index contributed by atoms with van der Waals surface area (Å²) in [6.07, 6.45) is 3.27. The number of benzene rings is 2. The van der Waals surface area contributed by atoms with Gasteiger partial charge in [0.25, 0.3) is 0 Å². The molecule has 0 unspecified atom stereocenters. The average Bonchev–Trinajstić information content (AvgIpc) is 2.64. The molecule has 27 heavy (non-hydrogen) atoms. The minimum atomic E-state index is 0.184. The van der Waals surface area contributed by atoms with Crippen molar-refractivity contribution in [3.05, 3.63) is 65.7 Å². The van der Waals surface area contributed by atoms with Crippen molar-refractivity contribution in [3.8, 4) is 0 Å². The highest BCUT2D eigenvalue weighted by Gasteiger charge is 2.25. The third kappa shape index (κ3) is 4.96. The number of hydrogen-bond donors (Lipinski definition) is 1. The van der Waals surface area contributed by atoms with Gasteiger partial charge < -0.3 is 5.32 Å². The van der Waals surface area contributed by atoms with Crippen LogP contribution in [0.2, 0.25) is 0 Å². The molecule has 0 radical (unpaired) electrons. The summed E-state index contributed by atoms with van der Waals surface area (Å²) in [6, 6.07) is 19.1. The number of carbonyl (C=O) groups excluding carboxylic acids is 1. The van der Waals surface area contributed by atoms with Gasteiger partial charge in [-0.05, 0) is 36.1 Å². The van der Waals surface area contributed by atoms with Gasteiger partial charge >= 0.3 is 0 Å². The van der Waals surface area contributed by atoms with Gasteiger partial charge in [0.2, 0.25) is 5.91 Å². The van der Waals surface area contributed by atoms with Gasteiger partial charge in [-0.2, -0.15) is 0 Å². The van der Waals surface area contributed by atoms with Crippen LogP contribution in [-0.2, 0) is 17.9 Å². The van der Waals surface area contributed by atoms with Crippen molar-refractivity contribution < 1.29 is 4.79 Å². The van der Waals surface area contributed by atoms with Crippen LogP contribution >= 0.6 is 0 Å².